The number of rotatable bonds is 4. The van der Waals surface area contributed by atoms with Gasteiger partial charge in [-0.2, -0.15) is 9.78 Å². The highest BCUT2D eigenvalue weighted by atomic mass is 16.4. The molecule has 4 heteroatoms. The molecule has 0 unspecified atom stereocenters. The molecule has 0 aliphatic heterocycles. The van der Waals surface area contributed by atoms with Crippen molar-refractivity contribution in [2.24, 2.45) is 0 Å². The number of hydrogen-bond donors (Lipinski definition) is 1. The molecular formula is C24H20N2O2. The van der Waals surface area contributed by atoms with Crippen LogP contribution in [0.15, 0.2) is 85.1 Å². The van der Waals surface area contributed by atoms with Crippen molar-refractivity contribution in [2.75, 3.05) is 0 Å². The average molecular weight is 368 g/mol. The maximum absolute atomic E-state index is 11.4. The minimum atomic E-state index is -1.09. The summed E-state index contributed by atoms with van der Waals surface area (Å²) >= 11 is 0. The number of nitrogens with zero attached hydrogens (tertiary/aromatic N) is 2. The standard InChI is InChI=1S/C24H20N2O2/c1-17-6-5-9-21(14-17)19-10-12-20(13-11-19)23-22(16-26(25-23)24(27)28)15-18-7-3-2-4-8-18/h2-14,16H,15H2,1H3,(H,27,28). The third kappa shape index (κ3) is 3.71. The minimum absolute atomic E-state index is 0.628. The SMILES string of the molecule is Cc1cccc(-c2ccc(-c3nn(C(=O)O)cc3Cc3ccccc3)cc2)c1. The molecule has 1 heterocycles. The highest BCUT2D eigenvalue weighted by molar-refractivity contribution is 5.73. The lowest BCUT2D eigenvalue weighted by Crippen LogP contribution is -2.08. The Morgan fingerprint density at radius 2 is 1.61 bits per heavy atom. The zero-order valence-corrected chi connectivity index (χ0v) is 15.5. The molecule has 0 aliphatic carbocycles. The fraction of sp³-hybridized carbons (Fsp3) is 0.0833. The number of benzene rings is 3. The maximum Gasteiger partial charge on any atom is 0.432 e. The molecule has 28 heavy (non-hydrogen) atoms. The van der Waals surface area contributed by atoms with Gasteiger partial charge in [-0.3, -0.25) is 0 Å². The summed E-state index contributed by atoms with van der Waals surface area (Å²) in [5.74, 6) is 0. The van der Waals surface area contributed by atoms with Gasteiger partial charge in [0.05, 0.1) is 5.69 Å². The molecule has 0 aliphatic rings. The van der Waals surface area contributed by atoms with Crippen LogP contribution in [0.3, 0.4) is 0 Å². The van der Waals surface area contributed by atoms with Gasteiger partial charge in [0, 0.05) is 23.7 Å². The lowest BCUT2D eigenvalue weighted by Gasteiger charge is -2.06. The molecule has 138 valence electrons. The summed E-state index contributed by atoms with van der Waals surface area (Å²) in [4.78, 5) is 11.4. The fourth-order valence-electron chi connectivity index (χ4n) is 3.34. The summed E-state index contributed by atoms with van der Waals surface area (Å²) in [6, 6.07) is 26.4. The van der Waals surface area contributed by atoms with Crippen LogP contribution >= 0.6 is 0 Å². The topological polar surface area (TPSA) is 55.1 Å². The van der Waals surface area contributed by atoms with Gasteiger partial charge in [-0.1, -0.05) is 84.4 Å². The second-order valence-corrected chi connectivity index (χ2v) is 6.84. The van der Waals surface area contributed by atoms with Gasteiger partial charge in [-0.25, -0.2) is 4.79 Å². The van der Waals surface area contributed by atoms with Crippen molar-refractivity contribution in [1.29, 1.82) is 0 Å². The number of aryl methyl sites for hydroxylation is 1. The quantitative estimate of drug-likeness (QED) is 0.507. The summed E-state index contributed by atoms with van der Waals surface area (Å²) in [5, 5.41) is 13.7. The van der Waals surface area contributed by atoms with Crippen LogP contribution in [-0.4, -0.2) is 21.0 Å². The van der Waals surface area contributed by atoms with E-state index in [4.69, 9.17) is 0 Å². The highest BCUT2D eigenvalue weighted by Crippen LogP contribution is 2.28. The third-order valence-electron chi connectivity index (χ3n) is 4.73. The van der Waals surface area contributed by atoms with Gasteiger partial charge in [0.2, 0.25) is 0 Å². The van der Waals surface area contributed by atoms with E-state index < -0.39 is 6.09 Å². The van der Waals surface area contributed by atoms with Gasteiger partial charge in [-0.05, 0) is 23.6 Å². The Balaban J connectivity index is 1.70. The molecule has 1 aromatic heterocycles. The lowest BCUT2D eigenvalue weighted by atomic mass is 9.98. The highest BCUT2D eigenvalue weighted by Gasteiger charge is 2.15. The molecule has 0 bridgehead atoms. The van der Waals surface area contributed by atoms with E-state index in [1.807, 2.05) is 48.5 Å². The van der Waals surface area contributed by atoms with E-state index in [1.54, 1.807) is 6.20 Å². The van der Waals surface area contributed by atoms with E-state index in [-0.39, 0.29) is 0 Å². The fourth-order valence-corrected chi connectivity index (χ4v) is 3.34. The van der Waals surface area contributed by atoms with Crippen molar-refractivity contribution in [2.45, 2.75) is 13.3 Å². The van der Waals surface area contributed by atoms with Crippen LogP contribution in [-0.2, 0) is 6.42 Å². The number of hydrogen-bond acceptors (Lipinski definition) is 2. The summed E-state index contributed by atoms with van der Waals surface area (Å²) in [6.45, 7) is 2.08. The van der Waals surface area contributed by atoms with Crippen molar-refractivity contribution in [1.82, 2.24) is 9.78 Å². The van der Waals surface area contributed by atoms with E-state index in [0.717, 1.165) is 32.5 Å². The monoisotopic (exact) mass is 368 g/mol. The molecule has 1 N–H and O–H groups in total. The molecule has 0 fully saturated rings. The summed E-state index contributed by atoms with van der Waals surface area (Å²) in [5.41, 5.74) is 7.10. The number of carboxylic acid groups (broad SMARTS) is 1. The summed E-state index contributed by atoms with van der Waals surface area (Å²) in [7, 11) is 0. The van der Waals surface area contributed by atoms with Gasteiger partial charge >= 0.3 is 6.09 Å². The third-order valence-corrected chi connectivity index (χ3v) is 4.73. The summed E-state index contributed by atoms with van der Waals surface area (Å²) in [6.07, 6.45) is 1.14. The van der Waals surface area contributed by atoms with Crippen LogP contribution < -0.4 is 0 Å². The smallest absolute Gasteiger partial charge is 0.432 e. The van der Waals surface area contributed by atoms with Crippen LogP contribution in [0.1, 0.15) is 16.7 Å². The Kier molecular flexibility index (Phi) is 4.77. The van der Waals surface area contributed by atoms with Crippen molar-refractivity contribution >= 4 is 6.09 Å². The molecule has 0 saturated carbocycles. The largest absolute Gasteiger partial charge is 0.463 e. The first-order chi connectivity index (χ1) is 13.6. The molecule has 4 aromatic rings. The Hall–Kier alpha value is -3.66. The first kappa shape index (κ1) is 17.7. The second-order valence-electron chi connectivity index (χ2n) is 6.84. The van der Waals surface area contributed by atoms with E-state index in [0.29, 0.717) is 12.1 Å². The Bertz CT molecular complexity index is 1110. The van der Waals surface area contributed by atoms with Gasteiger partial charge in [0.1, 0.15) is 0 Å². The van der Waals surface area contributed by atoms with Crippen LogP contribution in [0.4, 0.5) is 4.79 Å². The van der Waals surface area contributed by atoms with Crippen molar-refractivity contribution in [3.63, 3.8) is 0 Å². The van der Waals surface area contributed by atoms with Crippen LogP contribution in [0, 0.1) is 6.92 Å². The van der Waals surface area contributed by atoms with E-state index >= 15 is 0 Å². The average Bonchev–Trinajstić information content (AvgIpc) is 3.13. The molecule has 0 spiro atoms. The predicted octanol–water partition coefficient (Wildman–Crippen LogP) is 5.64. The minimum Gasteiger partial charge on any atom is -0.463 e. The van der Waals surface area contributed by atoms with Crippen molar-refractivity contribution < 1.29 is 9.90 Å². The van der Waals surface area contributed by atoms with Crippen LogP contribution in [0.5, 0.6) is 0 Å². The van der Waals surface area contributed by atoms with Gasteiger partial charge in [0.15, 0.2) is 0 Å². The lowest BCUT2D eigenvalue weighted by molar-refractivity contribution is 0.192. The van der Waals surface area contributed by atoms with Gasteiger partial charge in [0.25, 0.3) is 0 Å². The molecular weight excluding hydrogens is 348 g/mol. The normalized spacial score (nSPS) is 10.8. The molecule has 0 radical (unpaired) electrons. The van der Waals surface area contributed by atoms with Gasteiger partial charge in [-0.15, -0.1) is 0 Å². The van der Waals surface area contributed by atoms with Crippen molar-refractivity contribution in [3.05, 3.63) is 102 Å². The Morgan fingerprint density at radius 3 is 2.29 bits per heavy atom. The summed E-state index contributed by atoms with van der Waals surface area (Å²) < 4.78 is 0.988. The van der Waals surface area contributed by atoms with Crippen LogP contribution in [0.2, 0.25) is 0 Å². The van der Waals surface area contributed by atoms with E-state index in [1.165, 1.54) is 5.56 Å². The number of aromatic nitrogens is 2. The first-order valence-corrected chi connectivity index (χ1v) is 9.13. The van der Waals surface area contributed by atoms with E-state index in [2.05, 4.69) is 42.4 Å². The van der Waals surface area contributed by atoms with E-state index in [9.17, 15) is 9.90 Å². The van der Waals surface area contributed by atoms with Crippen LogP contribution in [0.25, 0.3) is 22.4 Å². The predicted molar refractivity (Wildman–Crippen MR) is 111 cm³/mol. The van der Waals surface area contributed by atoms with Gasteiger partial charge < -0.3 is 5.11 Å². The number of carbonyl (C=O) groups is 1. The zero-order valence-electron chi connectivity index (χ0n) is 15.5. The molecule has 4 rings (SSSR count). The Labute approximate surface area is 163 Å². The zero-order chi connectivity index (χ0) is 19.5. The molecule has 0 amide bonds. The van der Waals surface area contributed by atoms with Crippen molar-refractivity contribution in [3.8, 4) is 22.4 Å². The first-order valence-electron chi connectivity index (χ1n) is 9.13. The molecule has 0 atom stereocenters. The second kappa shape index (κ2) is 7.53. The Morgan fingerprint density at radius 1 is 0.893 bits per heavy atom. The molecule has 3 aromatic carbocycles. The maximum atomic E-state index is 11.4. The molecule has 4 nitrogen and oxygen atoms in total. The molecule has 0 saturated heterocycles.